The number of hydrogen-bond donors (Lipinski definition) is 1. The molecule has 0 aliphatic carbocycles. The van der Waals surface area contributed by atoms with Crippen molar-refractivity contribution in [2.45, 2.75) is 26.4 Å². The Hall–Kier alpha value is -1.60. The van der Waals surface area contributed by atoms with Crippen LogP contribution in [0.2, 0.25) is 0 Å². The number of ether oxygens (including phenoxy) is 1. The third-order valence-corrected chi connectivity index (χ3v) is 2.19. The summed E-state index contributed by atoms with van der Waals surface area (Å²) in [5.74, 6) is -0.393. The van der Waals surface area contributed by atoms with Crippen molar-refractivity contribution in [1.29, 1.82) is 5.26 Å². The van der Waals surface area contributed by atoms with Crippen molar-refractivity contribution in [3.05, 3.63) is 29.6 Å². The van der Waals surface area contributed by atoms with Gasteiger partial charge >= 0.3 is 0 Å². The second-order valence-corrected chi connectivity index (χ2v) is 4.00. The fourth-order valence-electron chi connectivity index (χ4n) is 1.38. The Kier molecular flexibility index (Phi) is 5.44. The van der Waals surface area contributed by atoms with Crippen LogP contribution < -0.4 is 5.32 Å². The van der Waals surface area contributed by atoms with Gasteiger partial charge in [-0.15, -0.1) is 0 Å². The average molecular weight is 236 g/mol. The SMILES string of the molecule is CC(C)OCCCNc1ccc(F)cc1C#N. The summed E-state index contributed by atoms with van der Waals surface area (Å²) < 4.78 is 18.3. The summed E-state index contributed by atoms with van der Waals surface area (Å²) in [7, 11) is 0. The number of nitriles is 1. The minimum atomic E-state index is -0.393. The van der Waals surface area contributed by atoms with E-state index in [0.717, 1.165) is 6.42 Å². The first kappa shape index (κ1) is 13.5. The van der Waals surface area contributed by atoms with E-state index in [1.807, 2.05) is 19.9 Å². The van der Waals surface area contributed by atoms with Crippen LogP contribution in [0.4, 0.5) is 10.1 Å². The Morgan fingerprint density at radius 2 is 2.24 bits per heavy atom. The topological polar surface area (TPSA) is 45.0 Å². The molecule has 3 nitrogen and oxygen atoms in total. The number of hydrogen-bond acceptors (Lipinski definition) is 3. The number of anilines is 1. The van der Waals surface area contributed by atoms with Gasteiger partial charge in [-0.2, -0.15) is 5.26 Å². The monoisotopic (exact) mass is 236 g/mol. The molecule has 0 aliphatic rings. The molecule has 0 atom stereocenters. The van der Waals surface area contributed by atoms with Gasteiger partial charge in [-0.25, -0.2) is 4.39 Å². The first-order valence-corrected chi connectivity index (χ1v) is 5.68. The highest BCUT2D eigenvalue weighted by Crippen LogP contribution is 2.15. The van der Waals surface area contributed by atoms with Crippen LogP contribution in [0.5, 0.6) is 0 Å². The second kappa shape index (κ2) is 6.87. The third-order valence-electron chi connectivity index (χ3n) is 2.19. The first-order valence-electron chi connectivity index (χ1n) is 5.68. The molecule has 0 saturated heterocycles. The van der Waals surface area contributed by atoms with E-state index >= 15 is 0 Å². The molecule has 4 heteroatoms. The fraction of sp³-hybridized carbons (Fsp3) is 0.462. The van der Waals surface area contributed by atoms with Gasteiger partial charge in [0.2, 0.25) is 0 Å². The molecular weight excluding hydrogens is 219 g/mol. The minimum absolute atomic E-state index is 0.232. The van der Waals surface area contributed by atoms with E-state index in [2.05, 4.69) is 5.32 Å². The maximum atomic E-state index is 12.9. The largest absolute Gasteiger partial charge is 0.384 e. The van der Waals surface area contributed by atoms with Crippen LogP contribution in [0, 0.1) is 17.1 Å². The van der Waals surface area contributed by atoms with Gasteiger partial charge in [-0.1, -0.05) is 0 Å². The van der Waals surface area contributed by atoms with Crippen molar-refractivity contribution in [3.8, 4) is 6.07 Å². The second-order valence-electron chi connectivity index (χ2n) is 4.00. The maximum absolute atomic E-state index is 12.9. The molecule has 0 fully saturated rings. The Bertz CT molecular complexity index is 399. The average Bonchev–Trinajstić information content (AvgIpc) is 2.29. The molecule has 17 heavy (non-hydrogen) atoms. The molecule has 1 aromatic carbocycles. The molecule has 1 aromatic rings. The molecule has 1 N–H and O–H groups in total. The third kappa shape index (κ3) is 4.83. The van der Waals surface area contributed by atoms with Gasteiger partial charge in [-0.05, 0) is 38.5 Å². The zero-order chi connectivity index (χ0) is 12.7. The van der Waals surface area contributed by atoms with E-state index in [-0.39, 0.29) is 6.10 Å². The van der Waals surface area contributed by atoms with Crippen molar-refractivity contribution >= 4 is 5.69 Å². The van der Waals surface area contributed by atoms with Crippen LogP contribution in [0.25, 0.3) is 0 Å². The number of benzene rings is 1. The lowest BCUT2D eigenvalue weighted by molar-refractivity contribution is 0.0787. The maximum Gasteiger partial charge on any atom is 0.124 e. The highest BCUT2D eigenvalue weighted by Gasteiger charge is 2.02. The van der Waals surface area contributed by atoms with Crippen molar-refractivity contribution in [2.24, 2.45) is 0 Å². The van der Waals surface area contributed by atoms with Crippen LogP contribution in [-0.2, 0) is 4.74 Å². The van der Waals surface area contributed by atoms with Crippen LogP contribution in [0.1, 0.15) is 25.8 Å². The van der Waals surface area contributed by atoms with E-state index in [0.29, 0.717) is 24.4 Å². The molecular formula is C13H17FN2O. The smallest absolute Gasteiger partial charge is 0.124 e. The molecule has 0 aliphatic heterocycles. The summed E-state index contributed by atoms with van der Waals surface area (Å²) in [6, 6.07) is 6.11. The molecule has 0 radical (unpaired) electrons. The van der Waals surface area contributed by atoms with Gasteiger partial charge in [0, 0.05) is 13.2 Å². The van der Waals surface area contributed by atoms with Crippen molar-refractivity contribution in [2.75, 3.05) is 18.5 Å². The summed E-state index contributed by atoms with van der Waals surface area (Å²) in [5.41, 5.74) is 0.994. The standard InChI is InChI=1S/C13H17FN2O/c1-10(2)17-7-3-6-16-13-5-4-12(14)8-11(13)9-15/h4-5,8,10,16H,3,6-7H2,1-2H3. The normalized spacial score (nSPS) is 10.3. The quantitative estimate of drug-likeness (QED) is 0.772. The zero-order valence-corrected chi connectivity index (χ0v) is 10.2. The van der Waals surface area contributed by atoms with E-state index in [1.165, 1.54) is 12.1 Å². The number of nitrogens with one attached hydrogen (secondary N) is 1. The van der Waals surface area contributed by atoms with Crippen molar-refractivity contribution < 1.29 is 9.13 Å². The Balaban J connectivity index is 2.39. The van der Waals surface area contributed by atoms with Gasteiger partial charge in [0.25, 0.3) is 0 Å². The molecule has 0 bridgehead atoms. The van der Waals surface area contributed by atoms with Crippen LogP contribution in [0.3, 0.4) is 0 Å². The molecule has 92 valence electrons. The molecule has 0 heterocycles. The van der Waals surface area contributed by atoms with E-state index in [9.17, 15) is 4.39 Å². The Morgan fingerprint density at radius 3 is 2.88 bits per heavy atom. The highest BCUT2D eigenvalue weighted by molar-refractivity contribution is 5.57. The number of halogens is 1. The molecule has 0 saturated carbocycles. The van der Waals surface area contributed by atoms with Crippen molar-refractivity contribution in [1.82, 2.24) is 0 Å². The molecule has 0 unspecified atom stereocenters. The lowest BCUT2D eigenvalue weighted by Gasteiger charge is -2.10. The molecule has 0 spiro atoms. The predicted octanol–water partition coefficient (Wildman–Crippen LogP) is 2.92. The summed E-state index contributed by atoms with van der Waals surface area (Å²) in [6.07, 6.45) is 1.08. The summed E-state index contributed by atoms with van der Waals surface area (Å²) in [4.78, 5) is 0. The molecule has 0 amide bonds. The van der Waals surface area contributed by atoms with E-state index in [4.69, 9.17) is 10.00 Å². The van der Waals surface area contributed by atoms with Gasteiger partial charge in [0.05, 0.1) is 17.4 Å². The zero-order valence-electron chi connectivity index (χ0n) is 10.2. The Labute approximate surface area is 101 Å². The van der Waals surface area contributed by atoms with Crippen LogP contribution in [0.15, 0.2) is 18.2 Å². The van der Waals surface area contributed by atoms with E-state index in [1.54, 1.807) is 6.07 Å². The van der Waals surface area contributed by atoms with Crippen LogP contribution >= 0.6 is 0 Å². The predicted molar refractivity (Wildman–Crippen MR) is 65.3 cm³/mol. The molecule has 1 rings (SSSR count). The fourth-order valence-corrected chi connectivity index (χ4v) is 1.38. The number of rotatable bonds is 6. The van der Waals surface area contributed by atoms with Gasteiger partial charge < -0.3 is 10.1 Å². The van der Waals surface area contributed by atoms with E-state index < -0.39 is 5.82 Å². The van der Waals surface area contributed by atoms with Gasteiger partial charge in [-0.3, -0.25) is 0 Å². The molecule has 0 aromatic heterocycles. The summed E-state index contributed by atoms with van der Waals surface area (Å²) in [6.45, 7) is 5.35. The van der Waals surface area contributed by atoms with Gasteiger partial charge in [0.1, 0.15) is 11.9 Å². The lowest BCUT2D eigenvalue weighted by Crippen LogP contribution is -2.10. The van der Waals surface area contributed by atoms with Crippen LogP contribution in [-0.4, -0.2) is 19.3 Å². The Morgan fingerprint density at radius 1 is 1.47 bits per heavy atom. The highest BCUT2D eigenvalue weighted by atomic mass is 19.1. The summed E-state index contributed by atoms with van der Waals surface area (Å²) >= 11 is 0. The van der Waals surface area contributed by atoms with Crippen molar-refractivity contribution in [3.63, 3.8) is 0 Å². The lowest BCUT2D eigenvalue weighted by atomic mass is 10.2. The summed E-state index contributed by atoms with van der Waals surface area (Å²) in [5, 5.41) is 11.9. The van der Waals surface area contributed by atoms with Gasteiger partial charge in [0.15, 0.2) is 0 Å². The first-order chi connectivity index (χ1) is 8.13. The minimum Gasteiger partial charge on any atom is -0.384 e. The number of nitrogens with zero attached hydrogens (tertiary/aromatic N) is 1.